The Bertz CT molecular complexity index is 1380. The molecule has 4 aromatic rings. The molecule has 3 aromatic carbocycles. The molecular weight excluding hydrogens is 452 g/mol. The second kappa shape index (κ2) is 10.5. The van der Waals surface area contributed by atoms with E-state index >= 15 is 0 Å². The molecule has 34 heavy (non-hydrogen) atoms. The molecule has 0 saturated heterocycles. The summed E-state index contributed by atoms with van der Waals surface area (Å²) in [6.07, 6.45) is 0.772. The molecule has 8 nitrogen and oxygen atoms in total. The van der Waals surface area contributed by atoms with Crippen LogP contribution in [0.3, 0.4) is 0 Å². The minimum atomic E-state index is -3.76. The molecule has 0 aliphatic carbocycles. The van der Waals surface area contributed by atoms with Crippen LogP contribution >= 0.6 is 0 Å². The van der Waals surface area contributed by atoms with Gasteiger partial charge in [0.1, 0.15) is 0 Å². The molecule has 0 spiro atoms. The zero-order valence-electron chi connectivity index (χ0n) is 18.8. The fourth-order valence-corrected chi connectivity index (χ4v) is 4.65. The summed E-state index contributed by atoms with van der Waals surface area (Å²) in [5.74, 6) is 0.0418. The molecule has 1 aromatic heterocycles. The Kier molecular flexibility index (Phi) is 7.24. The Morgan fingerprint density at radius 2 is 1.76 bits per heavy atom. The molecule has 0 unspecified atom stereocenters. The standard InChI is InChI=1S/C25H26N4O4S/c1-2-33-17-9-16-29-23-15-7-6-14-22(23)26-25(29)27-24(30)19-10-8-11-20(18-19)28-34(31,32)21-12-4-3-5-13-21/h3-8,10-15,18,28H,2,9,16-17H2,1H3,(H,26,27,30). The molecule has 0 saturated carbocycles. The van der Waals surface area contributed by atoms with Crippen LogP contribution in [0.5, 0.6) is 0 Å². The summed E-state index contributed by atoms with van der Waals surface area (Å²) >= 11 is 0. The number of nitrogens with one attached hydrogen (secondary N) is 2. The third-order valence-electron chi connectivity index (χ3n) is 5.18. The van der Waals surface area contributed by atoms with Gasteiger partial charge in [0.15, 0.2) is 0 Å². The van der Waals surface area contributed by atoms with Gasteiger partial charge in [-0.1, -0.05) is 36.4 Å². The first-order valence-electron chi connectivity index (χ1n) is 11.0. The second-order valence-electron chi connectivity index (χ2n) is 7.58. The van der Waals surface area contributed by atoms with Gasteiger partial charge < -0.3 is 9.30 Å². The number of nitrogens with zero attached hydrogens (tertiary/aromatic N) is 2. The van der Waals surface area contributed by atoms with Gasteiger partial charge in [0.25, 0.3) is 15.9 Å². The summed E-state index contributed by atoms with van der Waals surface area (Å²) in [6, 6.07) is 22.1. The van der Waals surface area contributed by atoms with Gasteiger partial charge in [0.2, 0.25) is 5.95 Å². The molecule has 176 valence electrons. The van der Waals surface area contributed by atoms with Crippen molar-refractivity contribution >= 4 is 38.6 Å². The highest BCUT2D eigenvalue weighted by atomic mass is 32.2. The highest BCUT2D eigenvalue weighted by Gasteiger charge is 2.17. The Morgan fingerprint density at radius 3 is 2.56 bits per heavy atom. The van der Waals surface area contributed by atoms with Gasteiger partial charge in [-0.2, -0.15) is 0 Å². The number of para-hydroxylation sites is 2. The van der Waals surface area contributed by atoms with Crippen LogP contribution in [-0.4, -0.2) is 37.1 Å². The van der Waals surface area contributed by atoms with E-state index in [4.69, 9.17) is 4.74 Å². The average molecular weight is 479 g/mol. The second-order valence-corrected chi connectivity index (χ2v) is 9.26. The van der Waals surface area contributed by atoms with E-state index in [0.717, 1.165) is 17.5 Å². The lowest BCUT2D eigenvalue weighted by atomic mass is 10.2. The lowest BCUT2D eigenvalue weighted by Crippen LogP contribution is -2.17. The van der Waals surface area contributed by atoms with E-state index in [1.165, 1.54) is 18.2 Å². The van der Waals surface area contributed by atoms with Crippen LogP contribution in [0.1, 0.15) is 23.7 Å². The Hall–Kier alpha value is -3.69. The summed E-state index contributed by atoms with van der Waals surface area (Å²) in [7, 11) is -3.76. The van der Waals surface area contributed by atoms with Crippen LogP contribution < -0.4 is 10.0 Å². The minimum Gasteiger partial charge on any atom is -0.382 e. The van der Waals surface area contributed by atoms with E-state index in [2.05, 4.69) is 15.0 Å². The third-order valence-corrected chi connectivity index (χ3v) is 6.58. The minimum absolute atomic E-state index is 0.144. The number of aryl methyl sites for hydroxylation is 1. The number of anilines is 2. The van der Waals surface area contributed by atoms with Gasteiger partial charge >= 0.3 is 0 Å². The van der Waals surface area contributed by atoms with E-state index < -0.39 is 10.0 Å². The first-order valence-corrected chi connectivity index (χ1v) is 12.5. The Labute approximate surface area is 198 Å². The maximum Gasteiger partial charge on any atom is 0.261 e. The van der Waals surface area contributed by atoms with Crippen LogP contribution in [0, 0.1) is 0 Å². The van der Waals surface area contributed by atoms with Gasteiger partial charge in [-0.25, -0.2) is 13.4 Å². The number of carbonyl (C=O) groups excluding carboxylic acids is 1. The number of aromatic nitrogens is 2. The van der Waals surface area contributed by atoms with Gasteiger partial charge in [0.05, 0.1) is 15.9 Å². The van der Waals surface area contributed by atoms with E-state index in [1.54, 1.807) is 36.4 Å². The molecule has 1 heterocycles. The molecule has 0 fully saturated rings. The number of carbonyl (C=O) groups is 1. The fraction of sp³-hybridized carbons (Fsp3) is 0.200. The van der Waals surface area contributed by atoms with Gasteiger partial charge in [-0.05, 0) is 55.8 Å². The van der Waals surface area contributed by atoms with Crippen molar-refractivity contribution in [1.82, 2.24) is 9.55 Å². The van der Waals surface area contributed by atoms with Crippen molar-refractivity contribution in [1.29, 1.82) is 0 Å². The van der Waals surface area contributed by atoms with E-state index in [9.17, 15) is 13.2 Å². The van der Waals surface area contributed by atoms with E-state index in [-0.39, 0.29) is 10.8 Å². The summed E-state index contributed by atoms with van der Waals surface area (Å²) in [5.41, 5.74) is 2.29. The predicted octanol–water partition coefficient (Wildman–Crippen LogP) is 4.52. The molecule has 9 heteroatoms. The SMILES string of the molecule is CCOCCCn1c(NC(=O)c2cccc(NS(=O)(=O)c3ccccc3)c2)nc2ccccc21. The molecular formula is C25H26N4O4S. The quantitative estimate of drug-likeness (QED) is 0.326. The van der Waals surface area contributed by atoms with Gasteiger partial charge in [0, 0.05) is 31.0 Å². The molecule has 2 N–H and O–H groups in total. The number of ether oxygens (including phenoxy) is 1. The number of sulfonamides is 1. The first-order chi connectivity index (χ1) is 16.5. The molecule has 0 radical (unpaired) electrons. The zero-order chi connectivity index (χ0) is 24.0. The number of fused-ring (bicyclic) bond motifs is 1. The number of imidazole rings is 1. The van der Waals surface area contributed by atoms with Crippen LogP contribution in [0.2, 0.25) is 0 Å². The van der Waals surface area contributed by atoms with Crippen molar-refractivity contribution in [3.63, 3.8) is 0 Å². The maximum atomic E-state index is 13.0. The van der Waals surface area contributed by atoms with Crippen molar-refractivity contribution in [2.45, 2.75) is 24.8 Å². The van der Waals surface area contributed by atoms with Gasteiger partial charge in [-0.15, -0.1) is 0 Å². The van der Waals surface area contributed by atoms with Crippen molar-refractivity contribution in [3.8, 4) is 0 Å². The summed E-state index contributed by atoms with van der Waals surface area (Å²) in [4.78, 5) is 17.8. The summed E-state index contributed by atoms with van der Waals surface area (Å²) in [6.45, 7) is 3.85. The summed E-state index contributed by atoms with van der Waals surface area (Å²) < 4.78 is 35.2. The molecule has 0 atom stereocenters. The highest BCUT2D eigenvalue weighted by molar-refractivity contribution is 7.92. The van der Waals surface area contributed by atoms with Crippen LogP contribution in [0.4, 0.5) is 11.6 Å². The van der Waals surface area contributed by atoms with Crippen molar-refractivity contribution in [2.75, 3.05) is 23.3 Å². The molecule has 4 rings (SSSR count). The number of benzene rings is 3. The molecule has 0 aliphatic rings. The summed E-state index contributed by atoms with van der Waals surface area (Å²) in [5, 5.41) is 2.87. The number of rotatable bonds is 10. The smallest absolute Gasteiger partial charge is 0.261 e. The van der Waals surface area contributed by atoms with Crippen molar-refractivity contribution in [2.24, 2.45) is 0 Å². The highest BCUT2D eigenvalue weighted by Crippen LogP contribution is 2.22. The first kappa shape index (κ1) is 23.5. The van der Waals surface area contributed by atoms with Crippen molar-refractivity contribution < 1.29 is 17.9 Å². The lowest BCUT2D eigenvalue weighted by Gasteiger charge is -2.12. The maximum absolute atomic E-state index is 13.0. The number of hydrogen-bond acceptors (Lipinski definition) is 5. The number of hydrogen-bond donors (Lipinski definition) is 2. The molecule has 1 amide bonds. The normalized spacial score (nSPS) is 11.4. The van der Waals surface area contributed by atoms with Crippen molar-refractivity contribution in [3.05, 3.63) is 84.4 Å². The average Bonchev–Trinajstić information content (AvgIpc) is 3.19. The fourth-order valence-electron chi connectivity index (χ4n) is 3.58. The monoisotopic (exact) mass is 478 g/mol. The predicted molar refractivity (Wildman–Crippen MR) is 132 cm³/mol. The largest absolute Gasteiger partial charge is 0.382 e. The molecule has 0 bridgehead atoms. The van der Waals surface area contributed by atoms with E-state index in [0.29, 0.717) is 37.0 Å². The van der Waals surface area contributed by atoms with Gasteiger partial charge in [-0.3, -0.25) is 14.8 Å². The molecule has 0 aliphatic heterocycles. The van der Waals surface area contributed by atoms with Crippen LogP contribution in [-0.2, 0) is 21.3 Å². The van der Waals surface area contributed by atoms with E-state index in [1.807, 2.05) is 35.8 Å². The lowest BCUT2D eigenvalue weighted by molar-refractivity contribution is 0.102. The van der Waals surface area contributed by atoms with Crippen LogP contribution in [0.25, 0.3) is 11.0 Å². The van der Waals surface area contributed by atoms with Crippen LogP contribution in [0.15, 0.2) is 83.8 Å². The third kappa shape index (κ3) is 5.44. The topological polar surface area (TPSA) is 102 Å². The Morgan fingerprint density at radius 1 is 1.00 bits per heavy atom. The Balaban J connectivity index is 1.54. The zero-order valence-corrected chi connectivity index (χ0v) is 19.6. The number of amides is 1.